The van der Waals surface area contributed by atoms with Crippen LogP contribution in [-0.2, 0) is 4.79 Å². The maximum atomic E-state index is 12.3. The van der Waals surface area contributed by atoms with Gasteiger partial charge >= 0.3 is 6.18 Å². The van der Waals surface area contributed by atoms with Crippen molar-refractivity contribution >= 4 is 5.78 Å². The molecule has 0 radical (unpaired) electrons. The molecule has 104 valence electrons. The van der Waals surface area contributed by atoms with Gasteiger partial charge in [0.1, 0.15) is 5.78 Å². The molecule has 1 heterocycles. The third kappa shape index (κ3) is 3.46. The molecule has 18 heavy (non-hydrogen) atoms. The molecule has 0 aromatic carbocycles. The largest absolute Gasteiger partial charge is 0.390 e. The van der Waals surface area contributed by atoms with Gasteiger partial charge in [0.15, 0.2) is 0 Å². The number of halogens is 3. The first-order valence-corrected chi connectivity index (χ1v) is 6.81. The van der Waals surface area contributed by atoms with Gasteiger partial charge in [0.25, 0.3) is 0 Å². The van der Waals surface area contributed by atoms with Crippen molar-refractivity contribution < 1.29 is 18.0 Å². The van der Waals surface area contributed by atoms with Gasteiger partial charge in [-0.1, -0.05) is 6.42 Å². The number of alkyl halides is 3. The SMILES string of the molecule is O=C1CCCCC1C1CCCN1CCC(F)(F)F. The molecule has 2 aliphatic rings. The minimum atomic E-state index is -4.09. The molecule has 2 fully saturated rings. The zero-order chi connectivity index (χ0) is 13.2. The summed E-state index contributed by atoms with van der Waals surface area (Å²) < 4.78 is 36.8. The maximum absolute atomic E-state index is 12.3. The van der Waals surface area contributed by atoms with E-state index in [0.717, 1.165) is 32.1 Å². The van der Waals surface area contributed by atoms with E-state index >= 15 is 0 Å². The summed E-state index contributed by atoms with van der Waals surface area (Å²) in [5, 5.41) is 0. The minimum absolute atomic E-state index is 0.00511. The number of carbonyl (C=O) groups excluding carboxylic acids is 1. The van der Waals surface area contributed by atoms with Crippen LogP contribution in [0.2, 0.25) is 0 Å². The quantitative estimate of drug-likeness (QED) is 0.779. The van der Waals surface area contributed by atoms with Crippen LogP contribution in [-0.4, -0.2) is 36.0 Å². The summed E-state index contributed by atoms with van der Waals surface area (Å²) in [6.07, 6.45) is 0.430. The van der Waals surface area contributed by atoms with Crippen LogP contribution in [0.5, 0.6) is 0 Å². The average molecular weight is 263 g/mol. The molecule has 1 aliphatic carbocycles. The van der Waals surface area contributed by atoms with Crippen LogP contribution in [0.1, 0.15) is 44.9 Å². The topological polar surface area (TPSA) is 20.3 Å². The number of ketones is 1. The Hall–Kier alpha value is -0.580. The molecule has 0 amide bonds. The van der Waals surface area contributed by atoms with Gasteiger partial charge in [-0.2, -0.15) is 13.2 Å². The number of hydrogen-bond donors (Lipinski definition) is 0. The Bertz CT molecular complexity index is 303. The second-order valence-electron chi connectivity index (χ2n) is 5.43. The standard InChI is InChI=1S/C13H20F3NO/c14-13(15,16)7-9-17-8-3-5-11(17)10-4-1-2-6-12(10)18/h10-11H,1-9H2. The summed E-state index contributed by atoms with van der Waals surface area (Å²) >= 11 is 0. The molecule has 1 saturated heterocycles. The fraction of sp³-hybridized carbons (Fsp3) is 0.923. The Kier molecular flexibility index (Phi) is 4.30. The minimum Gasteiger partial charge on any atom is -0.299 e. The van der Waals surface area contributed by atoms with E-state index in [1.807, 2.05) is 4.90 Å². The Morgan fingerprint density at radius 2 is 1.94 bits per heavy atom. The van der Waals surface area contributed by atoms with E-state index in [1.165, 1.54) is 0 Å². The average Bonchev–Trinajstić information content (AvgIpc) is 2.74. The molecule has 0 bridgehead atoms. The lowest BCUT2D eigenvalue weighted by Gasteiger charge is -2.33. The Morgan fingerprint density at radius 3 is 2.61 bits per heavy atom. The predicted molar refractivity (Wildman–Crippen MR) is 62.2 cm³/mol. The fourth-order valence-corrected chi connectivity index (χ4v) is 3.27. The van der Waals surface area contributed by atoms with Gasteiger partial charge in [0, 0.05) is 24.9 Å². The predicted octanol–water partition coefficient (Wildman–Crippen LogP) is 3.16. The Morgan fingerprint density at radius 1 is 1.17 bits per heavy atom. The summed E-state index contributed by atoms with van der Waals surface area (Å²) in [7, 11) is 0. The first kappa shape index (κ1) is 13.8. The van der Waals surface area contributed by atoms with Crippen LogP contribution < -0.4 is 0 Å². The molecule has 0 N–H and O–H groups in total. The van der Waals surface area contributed by atoms with E-state index in [4.69, 9.17) is 0 Å². The summed E-state index contributed by atoms with van der Waals surface area (Å²) in [6, 6.07) is 0.0696. The van der Waals surface area contributed by atoms with E-state index in [0.29, 0.717) is 13.0 Å². The lowest BCUT2D eigenvalue weighted by atomic mass is 9.82. The molecule has 0 aromatic rings. The number of hydrogen-bond acceptors (Lipinski definition) is 2. The van der Waals surface area contributed by atoms with Crippen molar-refractivity contribution in [2.75, 3.05) is 13.1 Å². The molecule has 2 rings (SSSR count). The highest BCUT2D eigenvalue weighted by atomic mass is 19.4. The lowest BCUT2D eigenvalue weighted by Crippen LogP contribution is -2.41. The highest BCUT2D eigenvalue weighted by Crippen LogP contribution is 2.33. The van der Waals surface area contributed by atoms with Gasteiger partial charge in [-0.05, 0) is 32.2 Å². The molecule has 1 saturated carbocycles. The normalized spacial score (nSPS) is 30.9. The fourth-order valence-electron chi connectivity index (χ4n) is 3.27. The van der Waals surface area contributed by atoms with Crippen molar-refractivity contribution in [1.82, 2.24) is 4.90 Å². The van der Waals surface area contributed by atoms with Gasteiger partial charge in [0.2, 0.25) is 0 Å². The Labute approximate surface area is 106 Å². The van der Waals surface area contributed by atoms with Gasteiger partial charge in [-0.3, -0.25) is 9.69 Å². The van der Waals surface area contributed by atoms with Crippen LogP contribution in [0, 0.1) is 5.92 Å². The van der Waals surface area contributed by atoms with Crippen LogP contribution in [0.25, 0.3) is 0 Å². The summed E-state index contributed by atoms with van der Waals surface area (Å²) in [6.45, 7) is 0.766. The lowest BCUT2D eigenvalue weighted by molar-refractivity contribution is -0.139. The van der Waals surface area contributed by atoms with Gasteiger partial charge in [0.05, 0.1) is 6.42 Å². The zero-order valence-corrected chi connectivity index (χ0v) is 10.5. The van der Waals surface area contributed by atoms with Crippen LogP contribution >= 0.6 is 0 Å². The molecule has 0 spiro atoms. The third-order valence-corrected chi connectivity index (χ3v) is 4.16. The van der Waals surface area contributed by atoms with E-state index in [-0.39, 0.29) is 24.3 Å². The zero-order valence-electron chi connectivity index (χ0n) is 10.5. The third-order valence-electron chi connectivity index (χ3n) is 4.16. The Balaban J connectivity index is 1.92. The van der Waals surface area contributed by atoms with E-state index < -0.39 is 12.6 Å². The summed E-state index contributed by atoms with van der Waals surface area (Å²) in [4.78, 5) is 13.8. The van der Waals surface area contributed by atoms with Gasteiger partial charge < -0.3 is 0 Å². The van der Waals surface area contributed by atoms with Crippen LogP contribution in [0.4, 0.5) is 13.2 Å². The van der Waals surface area contributed by atoms with E-state index in [2.05, 4.69) is 0 Å². The molecule has 2 nitrogen and oxygen atoms in total. The van der Waals surface area contributed by atoms with Crippen molar-refractivity contribution in [1.29, 1.82) is 0 Å². The molecule has 5 heteroatoms. The van der Waals surface area contributed by atoms with Gasteiger partial charge in [-0.15, -0.1) is 0 Å². The number of rotatable bonds is 3. The number of nitrogens with zero attached hydrogens (tertiary/aromatic N) is 1. The van der Waals surface area contributed by atoms with E-state index in [9.17, 15) is 18.0 Å². The molecule has 2 atom stereocenters. The van der Waals surface area contributed by atoms with Crippen molar-refractivity contribution in [3.05, 3.63) is 0 Å². The molecular weight excluding hydrogens is 243 g/mol. The summed E-state index contributed by atoms with van der Waals surface area (Å²) in [5.74, 6) is 0.264. The molecular formula is C13H20F3NO. The number of Topliss-reactive ketones (excluding diaryl/α,β-unsaturated/α-hetero) is 1. The second-order valence-corrected chi connectivity index (χ2v) is 5.43. The number of carbonyl (C=O) groups is 1. The van der Waals surface area contributed by atoms with Crippen LogP contribution in [0.15, 0.2) is 0 Å². The maximum Gasteiger partial charge on any atom is 0.390 e. The highest BCUT2D eigenvalue weighted by Gasteiger charge is 2.38. The molecule has 0 aromatic heterocycles. The van der Waals surface area contributed by atoms with Crippen LogP contribution in [0.3, 0.4) is 0 Å². The first-order chi connectivity index (χ1) is 8.47. The second kappa shape index (κ2) is 5.59. The van der Waals surface area contributed by atoms with Gasteiger partial charge in [-0.25, -0.2) is 0 Å². The van der Waals surface area contributed by atoms with Crippen molar-refractivity contribution in [2.45, 2.75) is 57.2 Å². The van der Waals surface area contributed by atoms with Crippen molar-refractivity contribution in [2.24, 2.45) is 5.92 Å². The van der Waals surface area contributed by atoms with E-state index in [1.54, 1.807) is 0 Å². The van der Waals surface area contributed by atoms with Crippen molar-refractivity contribution in [3.8, 4) is 0 Å². The smallest absolute Gasteiger partial charge is 0.299 e. The molecule has 2 unspecified atom stereocenters. The number of likely N-dealkylation sites (tertiary alicyclic amines) is 1. The monoisotopic (exact) mass is 263 g/mol. The first-order valence-electron chi connectivity index (χ1n) is 6.81. The highest BCUT2D eigenvalue weighted by molar-refractivity contribution is 5.82. The van der Waals surface area contributed by atoms with Crippen molar-refractivity contribution in [3.63, 3.8) is 0 Å². The molecule has 1 aliphatic heterocycles. The summed E-state index contributed by atoms with van der Waals surface area (Å²) in [5.41, 5.74) is 0.